The number of unbranched alkanes of at least 4 members (excludes halogenated alkanes) is 1. The average molecular weight is 490 g/mol. The lowest BCUT2D eigenvalue weighted by Crippen LogP contribution is -2.32. The Hall–Kier alpha value is -3.05. The molecule has 0 radical (unpaired) electrons. The summed E-state index contributed by atoms with van der Waals surface area (Å²) in [5.74, 6) is 1.24. The first-order valence-corrected chi connectivity index (χ1v) is 12.9. The first kappa shape index (κ1) is 25.6. The van der Waals surface area contributed by atoms with Gasteiger partial charge < -0.3 is 14.5 Å². The molecule has 3 aromatic rings. The smallest absolute Gasteiger partial charge is 0.277 e. The van der Waals surface area contributed by atoms with E-state index in [-0.39, 0.29) is 29.4 Å². The lowest BCUT2D eigenvalue weighted by Gasteiger charge is -2.19. The minimum atomic E-state index is -3.94. The summed E-state index contributed by atoms with van der Waals surface area (Å²) in [5.41, 5.74) is 0.896. The Kier molecular flexibility index (Phi) is 8.21. The molecule has 2 heterocycles. The zero-order chi connectivity index (χ0) is 24.9. The van der Waals surface area contributed by atoms with Gasteiger partial charge in [-0.25, -0.2) is 17.9 Å². The van der Waals surface area contributed by atoms with Gasteiger partial charge in [0.15, 0.2) is 11.3 Å². The van der Waals surface area contributed by atoms with Crippen LogP contribution in [0.4, 0.5) is 0 Å². The molecule has 0 aliphatic heterocycles. The van der Waals surface area contributed by atoms with Gasteiger partial charge in [-0.3, -0.25) is 4.79 Å². The number of ether oxygens (including phenoxy) is 1. The maximum atomic E-state index is 13.1. The highest BCUT2D eigenvalue weighted by molar-refractivity contribution is 7.89. The monoisotopic (exact) mass is 489 g/mol. The molecule has 0 aliphatic carbocycles. The number of imidazole rings is 1. The third-order valence-electron chi connectivity index (χ3n) is 5.45. The molecule has 0 saturated heterocycles. The number of likely N-dealkylation sites (N-methyl/N-ethyl adjacent to an activating group) is 1. The number of aldehydes is 1. The number of nitrogens with zero attached hydrogens (tertiary/aromatic N) is 4. The zero-order valence-corrected chi connectivity index (χ0v) is 20.8. The molecule has 0 bridgehead atoms. The van der Waals surface area contributed by atoms with Gasteiger partial charge in [0.25, 0.3) is 5.56 Å². The molecule has 0 unspecified atom stereocenters. The summed E-state index contributed by atoms with van der Waals surface area (Å²) in [6.45, 7) is 7.78. The van der Waals surface area contributed by atoms with Crippen LogP contribution in [0.5, 0.6) is 5.75 Å². The van der Waals surface area contributed by atoms with Crippen molar-refractivity contribution < 1.29 is 17.9 Å². The van der Waals surface area contributed by atoms with Gasteiger partial charge in [-0.1, -0.05) is 27.2 Å². The summed E-state index contributed by atoms with van der Waals surface area (Å²) in [5, 5.41) is 4.61. The molecule has 2 aromatic heterocycles. The SMILES string of the molecule is CCCCOc1ccc(S(=O)(=O)N(CC)CC=O)cc1-c1nn2c(CCC)nc(C)c2c(=O)[nH]1. The third kappa shape index (κ3) is 5.05. The molecular formula is C23H31N5O5S. The predicted molar refractivity (Wildman–Crippen MR) is 129 cm³/mol. The van der Waals surface area contributed by atoms with E-state index in [0.717, 1.165) is 23.6 Å². The molecule has 0 atom stereocenters. The first-order valence-electron chi connectivity index (χ1n) is 11.5. The Morgan fingerprint density at radius 2 is 1.97 bits per heavy atom. The minimum absolute atomic E-state index is 0.0209. The predicted octanol–water partition coefficient (Wildman–Crippen LogP) is 2.73. The molecule has 0 saturated carbocycles. The quantitative estimate of drug-likeness (QED) is 0.306. The summed E-state index contributed by atoms with van der Waals surface area (Å²) < 4.78 is 34.8. The maximum absolute atomic E-state index is 13.1. The van der Waals surface area contributed by atoms with E-state index in [2.05, 4.69) is 15.1 Å². The number of sulfonamides is 1. The molecule has 184 valence electrons. The lowest BCUT2D eigenvalue weighted by molar-refractivity contribution is -0.108. The highest BCUT2D eigenvalue weighted by atomic mass is 32.2. The normalized spacial score (nSPS) is 11.9. The molecule has 11 heteroatoms. The molecule has 1 N–H and O–H groups in total. The summed E-state index contributed by atoms with van der Waals surface area (Å²) >= 11 is 0. The zero-order valence-electron chi connectivity index (χ0n) is 20.0. The van der Waals surface area contributed by atoms with E-state index in [1.807, 2.05) is 13.8 Å². The number of fused-ring (bicyclic) bond motifs is 1. The number of aryl methyl sites for hydroxylation is 2. The maximum Gasteiger partial charge on any atom is 0.277 e. The van der Waals surface area contributed by atoms with Gasteiger partial charge in [-0.15, -0.1) is 5.10 Å². The molecule has 0 spiro atoms. The van der Waals surface area contributed by atoms with Gasteiger partial charge >= 0.3 is 0 Å². The number of hydrogen-bond donors (Lipinski definition) is 1. The number of aromatic amines is 1. The standard InChI is InChI=1S/C23H31N5O5S/c1-5-8-14-33-19-11-10-17(34(31,32)27(7-3)12-13-29)15-18(19)22-25-23(30)21-16(4)24-20(9-6-2)28(21)26-22/h10-11,13,15H,5-9,12,14H2,1-4H3,(H,25,26,30). The number of carbonyl (C=O) groups is 1. The minimum Gasteiger partial charge on any atom is -0.493 e. The second-order valence-corrected chi connectivity index (χ2v) is 9.85. The number of hydrogen-bond acceptors (Lipinski definition) is 7. The van der Waals surface area contributed by atoms with E-state index in [9.17, 15) is 18.0 Å². The van der Waals surface area contributed by atoms with Crippen LogP contribution in [-0.2, 0) is 21.2 Å². The molecule has 0 aliphatic rings. The third-order valence-corrected chi connectivity index (χ3v) is 7.38. The Labute approximate surface area is 199 Å². The van der Waals surface area contributed by atoms with Crippen molar-refractivity contribution in [1.29, 1.82) is 0 Å². The fourth-order valence-corrected chi connectivity index (χ4v) is 5.08. The van der Waals surface area contributed by atoms with E-state index in [0.29, 0.717) is 47.7 Å². The van der Waals surface area contributed by atoms with Crippen molar-refractivity contribution in [2.75, 3.05) is 19.7 Å². The Balaban J connectivity index is 2.22. The van der Waals surface area contributed by atoms with Crippen LogP contribution in [0.25, 0.3) is 16.9 Å². The van der Waals surface area contributed by atoms with Gasteiger partial charge in [0.2, 0.25) is 10.0 Å². The average Bonchev–Trinajstić information content (AvgIpc) is 3.13. The summed E-state index contributed by atoms with van der Waals surface area (Å²) in [6.07, 6.45) is 3.75. The van der Waals surface area contributed by atoms with Crippen LogP contribution >= 0.6 is 0 Å². The topological polar surface area (TPSA) is 127 Å². The summed E-state index contributed by atoms with van der Waals surface area (Å²) in [7, 11) is -3.94. The second-order valence-electron chi connectivity index (χ2n) is 7.91. The number of carbonyl (C=O) groups excluding carboxylic acids is 1. The van der Waals surface area contributed by atoms with Gasteiger partial charge in [0, 0.05) is 13.0 Å². The van der Waals surface area contributed by atoms with E-state index in [1.54, 1.807) is 19.9 Å². The first-order chi connectivity index (χ1) is 16.3. The molecule has 1 aromatic carbocycles. The van der Waals surface area contributed by atoms with Crippen molar-refractivity contribution in [3.8, 4) is 17.1 Å². The highest BCUT2D eigenvalue weighted by Gasteiger charge is 2.25. The van der Waals surface area contributed by atoms with Gasteiger partial charge in [-0.2, -0.15) is 4.31 Å². The van der Waals surface area contributed by atoms with Gasteiger partial charge in [0.1, 0.15) is 17.9 Å². The van der Waals surface area contributed by atoms with Crippen LogP contribution in [0, 0.1) is 6.92 Å². The van der Waals surface area contributed by atoms with Crippen molar-refractivity contribution >= 4 is 21.8 Å². The number of benzene rings is 1. The Morgan fingerprint density at radius 1 is 1.21 bits per heavy atom. The van der Waals surface area contributed by atoms with Crippen molar-refractivity contribution in [2.24, 2.45) is 0 Å². The fraction of sp³-hybridized carbons (Fsp3) is 0.478. The van der Waals surface area contributed by atoms with Crippen LogP contribution in [0.2, 0.25) is 0 Å². The highest BCUT2D eigenvalue weighted by Crippen LogP contribution is 2.31. The fourth-order valence-electron chi connectivity index (χ4n) is 3.68. The van der Waals surface area contributed by atoms with E-state index in [1.165, 1.54) is 16.6 Å². The van der Waals surface area contributed by atoms with Crippen molar-refractivity contribution in [2.45, 2.75) is 58.3 Å². The van der Waals surface area contributed by atoms with Gasteiger partial charge in [0.05, 0.1) is 29.3 Å². The summed E-state index contributed by atoms with van der Waals surface area (Å²) in [4.78, 5) is 31.2. The van der Waals surface area contributed by atoms with E-state index >= 15 is 0 Å². The Bertz CT molecular complexity index is 1330. The van der Waals surface area contributed by atoms with Crippen LogP contribution in [-0.4, -0.2) is 58.3 Å². The molecule has 3 rings (SSSR count). The number of aromatic nitrogens is 4. The van der Waals surface area contributed by atoms with Crippen LogP contribution in [0.3, 0.4) is 0 Å². The molecule has 0 amide bonds. The van der Waals surface area contributed by atoms with Crippen molar-refractivity contribution in [3.63, 3.8) is 0 Å². The van der Waals surface area contributed by atoms with Crippen LogP contribution in [0.1, 0.15) is 51.6 Å². The van der Waals surface area contributed by atoms with E-state index in [4.69, 9.17) is 4.74 Å². The van der Waals surface area contributed by atoms with Crippen molar-refractivity contribution in [3.05, 3.63) is 40.1 Å². The largest absolute Gasteiger partial charge is 0.493 e. The van der Waals surface area contributed by atoms with Crippen LogP contribution < -0.4 is 10.3 Å². The molecular weight excluding hydrogens is 458 g/mol. The van der Waals surface area contributed by atoms with Crippen LogP contribution in [0.15, 0.2) is 27.9 Å². The van der Waals surface area contributed by atoms with Gasteiger partial charge in [-0.05, 0) is 38.0 Å². The molecule has 10 nitrogen and oxygen atoms in total. The van der Waals surface area contributed by atoms with E-state index < -0.39 is 10.0 Å². The lowest BCUT2D eigenvalue weighted by atomic mass is 10.2. The molecule has 34 heavy (non-hydrogen) atoms. The number of nitrogens with one attached hydrogen (secondary N) is 1. The van der Waals surface area contributed by atoms with Crippen molar-refractivity contribution in [1.82, 2.24) is 23.9 Å². The second kappa shape index (κ2) is 10.9. The Morgan fingerprint density at radius 3 is 2.62 bits per heavy atom. The number of H-pyrrole nitrogens is 1. The summed E-state index contributed by atoms with van der Waals surface area (Å²) in [6, 6.07) is 4.43. The molecule has 0 fully saturated rings. The number of rotatable bonds is 12.